The van der Waals surface area contributed by atoms with Crippen LogP contribution in [0.5, 0.6) is 0 Å². The van der Waals surface area contributed by atoms with Crippen LogP contribution in [0.4, 0.5) is 18.9 Å². The van der Waals surface area contributed by atoms with Crippen LogP contribution in [0.25, 0.3) is 10.6 Å². The molecule has 0 aliphatic rings. The third-order valence-electron chi connectivity index (χ3n) is 3.62. The number of halogens is 3. The number of nitrogens with zero attached hydrogens (tertiary/aromatic N) is 3. The highest BCUT2D eigenvalue weighted by Crippen LogP contribution is 2.30. The molecule has 0 spiro atoms. The first kappa shape index (κ1) is 20.3. The SMILES string of the molecule is Cc1nc(C)c(-c2ccc(SCC(=O)Nc3ccc(C(F)(F)F)cc3)nn2)s1. The van der Waals surface area contributed by atoms with E-state index in [4.69, 9.17) is 0 Å². The number of hydrogen-bond acceptors (Lipinski definition) is 6. The zero-order valence-electron chi connectivity index (χ0n) is 14.9. The van der Waals surface area contributed by atoms with E-state index in [-0.39, 0.29) is 11.7 Å². The van der Waals surface area contributed by atoms with Crippen molar-refractivity contribution in [1.29, 1.82) is 0 Å². The van der Waals surface area contributed by atoms with E-state index >= 15 is 0 Å². The van der Waals surface area contributed by atoms with Crippen molar-refractivity contribution < 1.29 is 18.0 Å². The van der Waals surface area contributed by atoms with Gasteiger partial charge in [0.25, 0.3) is 0 Å². The summed E-state index contributed by atoms with van der Waals surface area (Å²) in [4.78, 5) is 17.3. The van der Waals surface area contributed by atoms with Crippen LogP contribution in [-0.2, 0) is 11.0 Å². The Morgan fingerprint density at radius 2 is 1.82 bits per heavy atom. The van der Waals surface area contributed by atoms with Crippen molar-refractivity contribution in [3.8, 4) is 10.6 Å². The maximum absolute atomic E-state index is 12.5. The van der Waals surface area contributed by atoms with Gasteiger partial charge < -0.3 is 5.32 Å². The molecule has 3 aromatic rings. The van der Waals surface area contributed by atoms with Crippen LogP contribution in [0.3, 0.4) is 0 Å². The highest BCUT2D eigenvalue weighted by atomic mass is 32.2. The molecular weight excluding hydrogens is 409 g/mol. The second-order valence-electron chi connectivity index (χ2n) is 5.82. The van der Waals surface area contributed by atoms with Crippen LogP contribution in [0, 0.1) is 13.8 Å². The Morgan fingerprint density at radius 1 is 1.11 bits per heavy atom. The number of nitrogens with one attached hydrogen (secondary N) is 1. The standard InChI is InChI=1S/C18H15F3N4OS2/c1-10-17(28-11(2)22-10)14-7-8-16(25-24-14)27-9-15(26)23-13-5-3-12(4-6-13)18(19,20)21/h3-8H,9H2,1-2H3,(H,23,26). The largest absolute Gasteiger partial charge is 0.416 e. The first-order valence-electron chi connectivity index (χ1n) is 8.10. The second kappa shape index (κ2) is 8.27. The number of thiazole rings is 1. The number of aryl methyl sites for hydroxylation is 2. The van der Waals surface area contributed by atoms with Gasteiger partial charge in [-0.05, 0) is 50.2 Å². The minimum Gasteiger partial charge on any atom is -0.325 e. The smallest absolute Gasteiger partial charge is 0.325 e. The monoisotopic (exact) mass is 424 g/mol. The van der Waals surface area contributed by atoms with Gasteiger partial charge in [-0.15, -0.1) is 21.5 Å². The molecule has 146 valence electrons. The van der Waals surface area contributed by atoms with Gasteiger partial charge in [-0.25, -0.2) is 4.98 Å². The Morgan fingerprint density at radius 3 is 2.36 bits per heavy atom. The fraction of sp³-hybridized carbons (Fsp3) is 0.222. The number of amides is 1. The van der Waals surface area contributed by atoms with Gasteiger partial charge in [0.15, 0.2) is 0 Å². The lowest BCUT2D eigenvalue weighted by atomic mass is 10.2. The second-order valence-corrected chi connectivity index (χ2v) is 8.02. The molecule has 2 aromatic heterocycles. The summed E-state index contributed by atoms with van der Waals surface area (Å²) in [6.07, 6.45) is -4.40. The molecule has 10 heteroatoms. The number of anilines is 1. The van der Waals surface area contributed by atoms with E-state index in [0.29, 0.717) is 10.7 Å². The summed E-state index contributed by atoms with van der Waals surface area (Å²) in [6.45, 7) is 3.84. The molecule has 0 unspecified atom stereocenters. The Balaban J connectivity index is 1.55. The summed E-state index contributed by atoms with van der Waals surface area (Å²) >= 11 is 2.73. The average molecular weight is 424 g/mol. The van der Waals surface area contributed by atoms with Crippen molar-refractivity contribution >= 4 is 34.7 Å². The summed E-state index contributed by atoms with van der Waals surface area (Å²) in [7, 11) is 0. The average Bonchev–Trinajstić information content (AvgIpc) is 2.98. The third kappa shape index (κ3) is 5.08. The molecule has 0 bridgehead atoms. The van der Waals surface area contributed by atoms with Crippen molar-refractivity contribution in [1.82, 2.24) is 15.2 Å². The van der Waals surface area contributed by atoms with Crippen molar-refractivity contribution in [3.05, 3.63) is 52.7 Å². The van der Waals surface area contributed by atoms with Crippen LogP contribution >= 0.6 is 23.1 Å². The van der Waals surface area contributed by atoms with Crippen molar-refractivity contribution in [2.45, 2.75) is 25.0 Å². The Labute approximate surface area is 167 Å². The highest BCUT2D eigenvalue weighted by Gasteiger charge is 2.29. The number of alkyl halides is 3. The molecule has 0 saturated heterocycles. The summed E-state index contributed by atoms with van der Waals surface area (Å²) in [6, 6.07) is 7.89. The normalized spacial score (nSPS) is 11.5. The molecule has 1 aromatic carbocycles. The summed E-state index contributed by atoms with van der Waals surface area (Å²) in [5.41, 5.74) is 1.16. The molecule has 1 amide bonds. The van der Waals surface area contributed by atoms with Gasteiger partial charge in [0.1, 0.15) is 10.7 Å². The van der Waals surface area contributed by atoms with E-state index in [1.54, 1.807) is 17.4 Å². The summed E-state index contributed by atoms with van der Waals surface area (Å²) < 4.78 is 37.6. The molecule has 5 nitrogen and oxygen atoms in total. The third-order valence-corrected chi connectivity index (χ3v) is 5.64. The Kier molecular flexibility index (Phi) is 5.99. The van der Waals surface area contributed by atoms with Gasteiger partial charge in [-0.3, -0.25) is 4.79 Å². The number of carbonyl (C=O) groups excluding carboxylic acids is 1. The van der Waals surface area contributed by atoms with Gasteiger partial charge in [0.05, 0.1) is 26.9 Å². The van der Waals surface area contributed by atoms with Gasteiger partial charge in [-0.1, -0.05) is 11.8 Å². The Hall–Kier alpha value is -2.46. The minimum atomic E-state index is -4.40. The molecule has 0 aliphatic carbocycles. The molecule has 0 fully saturated rings. The van der Waals surface area contributed by atoms with Crippen LogP contribution in [0.15, 0.2) is 41.4 Å². The molecule has 0 atom stereocenters. The van der Waals surface area contributed by atoms with E-state index in [2.05, 4.69) is 20.5 Å². The molecule has 1 N–H and O–H groups in total. The lowest BCUT2D eigenvalue weighted by Crippen LogP contribution is -2.14. The topological polar surface area (TPSA) is 67.8 Å². The first-order chi connectivity index (χ1) is 13.2. The number of carbonyl (C=O) groups is 1. The van der Waals surface area contributed by atoms with Gasteiger partial charge >= 0.3 is 6.18 Å². The molecular formula is C18H15F3N4OS2. The van der Waals surface area contributed by atoms with E-state index in [1.165, 1.54) is 23.9 Å². The van der Waals surface area contributed by atoms with E-state index in [9.17, 15) is 18.0 Å². The zero-order chi connectivity index (χ0) is 20.3. The number of aromatic nitrogens is 3. The molecule has 2 heterocycles. The van der Waals surface area contributed by atoms with Crippen molar-refractivity contribution in [2.75, 3.05) is 11.1 Å². The summed E-state index contributed by atoms with van der Waals surface area (Å²) in [5, 5.41) is 12.4. The summed E-state index contributed by atoms with van der Waals surface area (Å²) in [5.74, 6) is -0.280. The number of benzene rings is 1. The quantitative estimate of drug-likeness (QED) is 0.586. The van der Waals surface area contributed by atoms with Crippen molar-refractivity contribution in [2.24, 2.45) is 0 Å². The molecule has 28 heavy (non-hydrogen) atoms. The number of thioether (sulfide) groups is 1. The predicted octanol–water partition coefficient (Wildman–Crippen LogP) is 4.97. The maximum Gasteiger partial charge on any atom is 0.416 e. The van der Waals surface area contributed by atoms with Crippen LogP contribution in [0.1, 0.15) is 16.3 Å². The molecule has 3 rings (SSSR count). The fourth-order valence-electron chi connectivity index (χ4n) is 2.37. The lowest BCUT2D eigenvalue weighted by Gasteiger charge is -2.08. The van der Waals surface area contributed by atoms with Gasteiger partial charge in [0, 0.05) is 5.69 Å². The van der Waals surface area contributed by atoms with E-state index < -0.39 is 11.7 Å². The van der Waals surface area contributed by atoms with E-state index in [0.717, 1.165) is 33.4 Å². The lowest BCUT2D eigenvalue weighted by molar-refractivity contribution is -0.137. The Bertz CT molecular complexity index is 970. The van der Waals surface area contributed by atoms with Crippen LogP contribution < -0.4 is 5.32 Å². The number of hydrogen-bond donors (Lipinski definition) is 1. The fourth-order valence-corrected chi connectivity index (χ4v) is 3.86. The highest BCUT2D eigenvalue weighted by molar-refractivity contribution is 7.99. The van der Waals surface area contributed by atoms with Crippen molar-refractivity contribution in [3.63, 3.8) is 0 Å². The maximum atomic E-state index is 12.5. The first-order valence-corrected chi connectivity index (χ1v) is 9.90. The van der Waals surface area contributed by atoms with Gasteiger partial charge in [-0.2, -0.15) is 13.2 Å². The van der Waals surface area contributed by atoms with Gasteiger partial charge in [0.2, 0.25) is 5.91 Å². The number of rotatable bonds is 5. The van der Waals surface area contributed by atoms with Crippen LogP contribution in [0.2, 0.25) is 0 Å². The molecule has 0 radical (unpaired) electrons. The molecule has 0 aliphatic heterocycles. The van der Waals surface area contributed by atoms with Crippen LogP contribution in [-0.4, -0.2) is 26.8 Å². The minimum absolute atomic E-state index is 0.0632. The predicted molar refractivity (Wildman–Crippen MR) is 103 cm³/mol. The molecule has 0 saturated carbocycles. The zero-order valence-corrected chi connectivity index (χ0v) is 16.5. The van der Waals surface area contributed by atoms with E-state index in [1.807, 2.05) is 19.9 Å².